The van der Waals surface area contributed by atoms with Crippen molar-refractivity contribution in [2.45, 2.75) is 124 Å². The highest BCUT2D eigenvalue weighted by atomic mass is 16.6. The zero-order valence-electron chi connectivity index (χ0n) is 29.1. The lowest BCUT2D eigenvalue weighted by atomic mass is 9.87. The molecule has 1 unspecified atom stereocenters. The highest BCUT2D eigenvalue weighted by molar-refractivity contribution is 5.84. The third-order valence-electron chi connectivity index (χ3n) is 8.57. The van der Waals surface area contributed by atoms with E-state index in [9.17, 15) is 19.5 Å². The lowest BCUT2D eigenvalue weighted by Crippen LogP contribution is -2.54. The summed E-state index contributed by atoms with van der Waals surface area (Å²) >= 11 is 0. The monoisotopic (exact) mass is 629 g/mol. The van der Waals surface area contributed by atoms with Crippen LogP contribution < -0.4 is 5.32 Å². The minimum atomic E-state index is -0.701. The fourth-order valence-corrected chi connectivity index (χ4v) is 6.15. The topological polar surface area (TPSA) is 108 Å². The van der Waals surface area contributed by atoms with Crippen molar-refractivity contribution in [2.75, 3.05) is 33.4 Å². The molecule has 2 aliphatic rings. The molecule has 1 saturated heterocycles. The van der Waals surface area contributed by atoms with Crippen molar-refractivity contribution >= 4 is 17.9 Å². The summed E-state index contributed by atoms with van der Waals surface area (Å²) in [6, 6.07) is 6.53. The van der Waals surface area contributed by atoms with Crippen LogP contribution in [-0.4, -0.2) is 83.9 Å². The number of carbonyl (C=O) groups excluding carboxylic acids is 3. The summed E-state index contributed by atoms with van der Waals surface area (Å²) in [7, 11) is 1.73. The summed E-state index contributed by atoms with van der Waals surface area (Å²) in [6.07, 6.45) is 5.41. The molecule has 1 aromatic carbocycles. The van der Waals surface area contributed by atoms with E-state index >= 15 is 0 Å². The summed E-state index contributed by atoms with van der Waals surface area (Å²) in [5.74, 6) is -0.685. The number of rotatable bonds is 15. The number of amides is 3. The molecule has 45 heavy (non-hydrogen) atoms. The SMILES string of the molecule is COCCCCc1cc(CN(C(=O)[C@@H]2C[C@H](C(=O)NC(CO)CC(C)C)CN(C(=O)OC(C)(C)C)C2)C2CC2)cc(C(C)C)c1. The number of aliphatic hydroxyl groups is 1. The van der Waals surface area contributed by atoms with E-state index in [1.54, 1.807) is 7.11 Å². The van der Waals surface area contributed by atoms with Gasteiger partial charge < -0.3 is 29.7 Å². The molecule has 254 valence electrons. The van der Waals surface area contributed by atoms with Gasteiger partial charge in [0.2, 0.25) is 11.8 Å². The molecule has 2 N–H and O–H groups in total. The van der Waals surface area contributed by atoms with Crippen LogP contribution in [0.1, 0.15) is 110 Å². The summed E-state index contributed by atoms with van der Waals surface area (Å²) < 4.78 is 10.9. The number of piperidine rings is 1. The van der Waals surface area contributed by atoms with Gasteiger partial charge in [-0.3, -0.25) is 9.59 Å². The van der Waals surface area contributed by atoms with E-state index in [1.165, 1.54) is 16.0 Å². The molecule has 2 fully saturated rings. The number of unbranched alkanes of at least 4 members (excludes halogenated alkanes) is 1. The minimum Gasteiger partial charge on any atom is -0.444 e. The Morgan fingerprint density at radius 1 is 1.02 bits per heavy atom. The van der Waals surface area contributed by atoms with Gasteiger partial charge in [-0.25, -0.2) is 4.79 Å². The van der Waals surface area contributed by atoms with Gasteiger partial charge in [-0.2, -0.15) is 0 Å². The molecule has 0 spiro atoms. The number of nitrogens with zero attached hydrogens (tertiary/aromatic N) is 2. The summed E-state index contributed by atoms with van der Waals surface area (Å²) in [5.41, 5.74) is 2.97. The van der Waals surface area contributed by atoms with Gasteiger partial charge in [0.15, 0.2) is 0 Å². The third kappa shape index (κ3) is 11.9. The Balaban J connectivity index is 1.84. The molecule has 1 aliphatic heterocycles. The van der Waals surface area contributed by atoms with Gasteiger partial charge in [0.25, 0.3) is 0 Å². The zero-order valence-corrected chi connectivity index (χ0v) is 29.1. The molecule has 9 nitrogen and oxygen atoms in total. The largest absolute Gasteiger partial charge is 0.444 e. The smallest absolute Gasteiger partial charge is 0.410 e. The summed E-state index contributed by atoms with van der Waals surface area (Å²) in [5, 5.41) is 12.9. The molecule has 1 saturated carbocycles. The Bertz CT molecular complexity index is 1130. The van der Waals surface area contributed by atoms with Crippen molar-refractivity contribution in [1.82, 2.24) is 15.1 Å². The molecule has 1 aliphatic carbocycles. The quantitative estimate of drug-likeness (QED) is 0.242. The number of hydrogen-bond acceptors (Lipinski definition) is 6. The van der Waals surface area contributed by atoms with Gasteiger partial charge >= 0.3 is 6.09 Å². The first-order valence-corrected chi connectivity index (χ1v) is 17.0. The lowest BCUT2D eigenvalue weighted by Gasteiger charge is -2.39. The van der Waals surface area contributed by atoms with Crippen LogP contribution in [0.5, 0.6) is 0 Å². The van der Waals surface area contributed by atoms with E-state index in [0.29, 0.717) is 31.2 Å². The van der Waals surface area contributed by atoms with Crippen LogP contribution in [0, 0.1) is 17.8 Å². The van der Waals surface area contributed by atoms with Crippen LogP contribution in [0.4, 0.5) is 4.79 Å². The highest BCUT2D eigenvalue weighted by Crippen LogP contribution is 2.34. The second kappa shape index (κ2) is 16.8. The van der Waals surface area contributed by atoms with E-state index in [0.717, 1.165) is 44.3 Å². The fourth-order valence-electron chi connectivity index (χ4n) is 6.15. The number of hydrogen-bond donors (Lipinski definition) is 2. The number of likely N-dealkylation sites (tertiary alicyclic amines) is 1. The molecule has 3 rings (SSSR count). The number of methoxy groups -OCH3 is 1. The number of aliphatic hydroxyl groups excluding tert-OH is 1. The maximum Gasteiger partial charge on any atom is 0.410 e. The average Bonchev–Trinajstić information content (AvgIpc) is 3.81. The minimum absolute atomic E-state index is 0.0129. The van der Waals surface area contributed by atoms with Crippen molar-refractivity contribution < 1.29 is 29.0 Å². The molecular weight excluding hydrogens is 570 g/mol. The second-order valence-corrected chi connectivity index (χ2v) is 14.9. The molecular formula is C36H59N3O6. The van der Waals surface area contributed by atoms with Crippen LogP contribution in [-0.2, 0) is 32.0 Å². The number of aryl methyl sites for hydroxylation is 1. The van der Waals surface area contributed by atoms with E-state index in [2.05, 4.69) is 37.4 Å². The Morgan fingerprint density at radius 3 is 2.27 bits per heavy atom. The van der Waals surface area contributed by atoms with Gasteiger partial charge in [-0.15, -0.1) is 0 Å². The zero-order chi connectivity index (χ0) is 33.3. The maximum absolute atomic E-state index is 14.3. The molecule has 1 heterocycles. The third-order valence-corrected chi connectivity index (χ3v) is 8.57. The van der Waals surface area contributed by atoms with Gasteiger partial charge in [-0.1, -0.05) is 45.9 Å². The number of nitrogens with one attached hydrogen (secondary N) is 1. The predicted octanol–water partition coefficient (Wildman–Crippen LogP) is 5.67. The highest BCUT2D eigenvalue weighted by Gasteiger charge is 2.43. The van der Waals surface area contributed by atoms with Crippen molar-refractivity contribution in [1.29, 1.82) is 0 Å². The second-order valence-electron chi connectivity index (χ2n) is 14.9. The van der Waals surface area contributed by atoms with Gasteiger partial charge in [0, 0.05) is 39.4 Å². The standard InChI is InChI=1S/C36H59N3O6/c1-24(2)15-31(23-40)37-33(41)29-19-30(22-38(21-29)35(43)45-36(5,6)7)34(42)39(32-12-13-32)20-27-16-26(11-9-10-14-44-8)17-28(18-27)25(3)4/h16-18,24-25,29-32,40H,9-15,19-23H2,1-8H3,(H,37,41)/t29-,30+,31?/m0/s1. The normalized spacial score (nSPS) is 19.5. The van der Waals surface area contributed by atoms with E-state index < -0.39 is 23.5 Å². The van der Waals surface area contributed by atoms with Crippen LogP contribution in [0.2, 0.25) is 0 Å². The van der Waals surface area contributed by atoms with Crippen molar-refractivity contribution in [3.05, 3.63) is 34.9 Å². The molecule has 3 atom stereocenters. The Labute approximate surface area is 271 Å². The van der Waals surface area contributed by atoms with Gasteiger partial charge in [0.05, 0.1) is 24.5 Å². The fraction of sp³-hybridized carbons (Fsp3) is 0.750. The van der Waals surface area contributed by atoms with Crippen LogP contribution >= 0.6 is 0 Å². The van der Waals surface area contributed by atoms with Crippen molar-refractivity contribution in [3.8, 4) is 0 Å². The molecule has 3 amide bonds. The van der Waals surface area contributed by atoms with Crippen LogP contribution in [0.3, 0.4) is 0 Å². The van der Waals surface area contributed by atoms with E-state index in [-0.39, 0.29) is 43.6 Å². The number of carbonyl (C=O) groups is 3. The first-order valence-electron chi connectivity index (χ1n) is 17.0. The number of ether oxygens (including phenoxy) is 2. The Morgan fingerprint density at radius 2 is 1.69 bits per heavy atom. The van der Waals surface area contributed by atoms with E-state index in [1.807, 2.05) is 39.5 Å². The predicted molar refractivity (Wildman–Crippen MR) is 177 cm³/mol. The van der Waals surface area contributed by atoms with Crippen molar-refractivity contribution in [3.63, 3.8) is 0 Å². The molecule has 1 aromatic rings. The summed E-state index contributed by atoms with van der Waals surface area (Å²) in [6.45, 7) is 15.4. The number of benzene rings is 1. The average molecular weight is 630 g/mol. The van der Waals surface area contributed by atoms with Gasteiger partial charge in [-0.05, 0) is 94.2 Å². The molecule has 9 heteroatoms. The molecule has 0 bridgehead atoms. The first-order chi connectivity index (χ1) is 21.2. The van der Waals surface area contributed by atoms with Crippen LogP contribution in [0.25, 0.3) is 0 Å². The molecule has 0 aromatic heterocycles. The van der Waals surface area contributed by atoms with Crippen molar-refractivity contribution in [2.24, 2.45) is 17.8 Å². The Kier molecular flexibility index (Phi) is 13.7. The van der Waals surface area contributed by atoms with Gasteiger partial charge in [0.1, 0.15) is 5.60 Å². The summed E-state index contributed by atoms with van der Waals surface area (Å²) in [4.78, 5) is 44.6. The van der Waals surface area contributed by atoms with E-state index in [4.69, 9.17) is 9.47 Å². The maximum atomic E-state index is 14.3. The molecule has 0 radical (unpaired) electrons. The Hall–Kier alpha value is -2.65. The lowest BCUT2D eigenvalue weighted by molar-refractivity contribution is -0.140. The van der Waals surface area contributed by atoms with Crippen LogP contribution in [0.15, 0.2) is 18.2 Å². The first kappa shape index (κ1) is 36.8.